The third-order valence-electron chi connectivity index (χ3n) is 2.22. The van der Waals surface area contributed by atoms with Gasteiger partial charge in [0.1, 0.15) is 0 Å². The van der Waals surface area contributed by atoms with E-state index in [1.165, 1.54) is 16.7 Å². The summed E-state index contributed by atoms with van der Waals surface area (Å²) in [5.74, 6) is 0. The van der Waals surface area contributed by atoms with Crippen molar-refractivity contribution >= 4 is 11.4 Å². The Morgan fingerprint density at radius 3 is 2.36 bits per heavy atom. The molecule has 0 amide bonds. The molecule has 0 fully saturated rings. The Balaban J connectivity index is 3.22. The monoisotopic (exact) mass is 190 g/mol. The van der Waals surface area contributed by atoms with Gasteiger partial charge in [-0.3, -0.25) is 4.99 Å². The third kappa shape index (κ3) is 2.42. The Labute approximate surface area is 85.9 Å². The molecule has 0 spiro atoms. The largest absolute Gasteiger partial charge is 0.326 e. The van der Waals surface area contributed by atoms with E-state index in [1.54, 1.807) is 0 Å². The van der Waals surface area contributed by atoms with E-state index in [0.29, 0.717) is 6.54 Å². The van der Waals surface area contributed by atoms with Crippen molar-refractivity contribution in [2.75, 3.05) is 0 Å². The number of rotatable bonds is 2. The van der Waals surface area contributed by atoms with Crippen LogP contribution in [0.2, 0.25) is 0 Å². The summed E-state index contributed by atoms with van der Waals surface area (Å²) in [5, 5.41) is 0. The highest BCUT2D eigenvalue weighted by Crippen LogP contribution is 2.23. The molecule has 0 aliphatic carbocycles. The van der Waals surface area contributed by atoms with Gasteiger partial charge in [0.15, 0.2) is 0 Å². The van der Waals surface area contributed by atoms with E-state index in [-0.39, 0.29) is 0 Å². The number of hydrogen-bond donors (Lipinski definition) is 1. The van der Waals surface area contributed by atoms with Crippen molar-refractivity contribution in [3.63, 3.8) is 0 Å². The molecule has 1 aromatic rings. The lowest BCUT2D eigenvalue weighted by atomic mass is 10.0. The van der Waals surface area contributed by atoms with E-state index in [0.717, 1.165) is 11.4 Å². The minimum absolute atomic E-state index is 0.599. The Hall–Kier alpha value is -1.15. The van der Waals surface area contributed by atoms with E-state index in [1.807, 2.05) is 13.8 Å². The van der Waals surface area contributed by atoms with Crippen LogP contribution < -0.4 is 5.73 Å². The third-order valence-corrected chi connectivity index (χ3v) is 2.22. The first-order valence-electron chi connectivity index (χ1n) is 4.86. The van der Waals surface area contributed by atoms with Gasteiger partial charge in [-0.05, 0) is 50.5 Å². The summed E-state index contributed by atoms with van der Waals surface area (Å²) < 4.78 is 0. The highest BCUT2D eigenvalue weighted by atomic mass is 14.7. The van der Waals surface area contributed by atoms with Crippen LogP contribution in [0.3, 0.4) is 0 Å². The fraction of sp³-hybridized carbons (Fsp3) is 0.417. The second kappa shape index (κ2) is 4.38. The summed E-state index contributed by atoms with van der Waals surface area (Å²) in [7, 11) is 0. The summed E-state index contributed by atoms with van der Waals surface area (Å²) in [6.07, 6.45) is 0. The fourth-order valence-corrected chi connectivity index (χ4v) is 1.44. The van der Waals surface area contributed by atoms with Gasteiger partial charge in [-0.25, -0.2) is 0 Å². The lowest BCUT2D eigenvalue weighted by Crippen LogP contribution is -1.99. The van der Waals surface area contributed by atoms with Gasteiger partial charge >= 0.3 is 0 Å². The zero-order chi connectivity index (χ0) is 10.7. The Bertz CT molecular complexity index is 361. The summed E-state index contributed by atoms with van der Waals surface area (Å²) in [4.78, 5) is 4.47. The lowest BCUT2D eigenvalue weighted by Gasteiger charge is -2.07. The molecule has 0 aliphatic heterocycles. The molecule has 0 aliphatic rings. The van der Waals surface area contributed by atoms with Gasteiger partial charge in [0.2, 0.25) is 0 Å². The molecule has 2 heteroatoms. The Morgan fingerprint density at radius 1 is 1.21 bits per heavy atom. The molecule has 76 valence electrons. The maximum atomic E-state index is 5.64. The average molecular weight is 190 g/mol. The van der Waals surface area contributed by atoms with Crippen LogP contribution in [0.4, 0.5) is 5.69 Å². The molecule has 0 bridgehead atoms. The number of hydrogen-bond acceptors (Lipinski definition) is 2. The summed E-state index contributed by atoms with van der Waals surface area (Å²) in [6, 6.07) is 4.22. The van der Waals surface area contributed by atoms with Crippen molar-refractivity contribution in [3.05, 3.63) is 28.8 Å². The molecule has 0 heterocycles. The number of nitrogens with zero attached hydrogens (tertiary/aromatic N) is 1. The molecule has 0 radical (unpaired) electrons. The van der Waals surface area contributed by atoms with Gasteiger partial charge in [0, 0.05) is 12.3 Å². The van der Waals surface area contributed by atoms with Gasteiger partial charge in [0.05, 0.1) is 5.69 Å². The van der Waals surface area contributed by atoms with Crippen LogP contribution >= 0.6 is 0 Å². The van der Waals surface area contributed by atoms with E-state index in [4.69, 9.17) is 5.73 Å². The molecular formula is C12H18N2. The molecule has 1 aromatic carbocycles. The van der Waals surface area contributed by atoms with Crippen molar-refractivity contribution in [2.24, 2.45) is 10.7 Å². The number of benzene rings is 1. The molecule has 0 saturated carbocycles. The van der Waals surface area contributed by atoms with Gasteiger partial charge in [-0.1, -0.05) is 6.07 Å². The minimum Gasteiger partial charge on any atom is -0.326 e. The van der Waals surface area contributed by atoms with Crippen molar-refractivity contribution in [1.82, 2.24) is 0 Å². The topological polar surface area (TPSA) is 38.4 Å². The molecule has 0 unspecified atom stereocenters. The number of aryl methyl sites for hydroxylation is 2. The molecule has 2 nitrogen and oxygen atoms in total. The quantitative estimate of drug-likeness (QED) is 0.715. The number of nitrogens with two attached hydrogens (primary N) is 1. The molecule has 1 rings (SSSR count). The molecule has 0 aromatic heterocycles. The summed E-state index contributed by atoms with van der Waals surface area (Å²) in [5.41, 5.74) is 11.4. The fourth-order valence-electron chi connectivity index (χ4n) is 1.44. The van der Waals surface area contributed by atoms with Crippen LogP contribution in [0.5, 0.6) is 0 Å². The van der Waals surface area contributed by atoms with Crippen LogP contribution in [0, 0.1) is 13.8 Å². The first-order chi connectivity index (χ1) is 6.54. The Kier molecular flexibility index (Phi) is 3.42. The molecule has 0 atom stereocenters. The summed E-state index contributed by atoms with van der Waals surface area (Å²) in [6.45, 7) is 8.75. The first kappa shape index (κ1) is 10.9. The van der Waals surface area contributed by atoms with Crippen LogP contribution in [-0.2, 0) is 6.54 Å². The van der Waals surface area contributed by atoms with E-state index in [2.05, 4.69) is 31.0 Å². The lowest BCUT2D eigenvalue weighted by molar-refractivity contribution is 1.04. The number of aliphatic imine (C=N–C) groups is 1. The van der Waals surface area contributed by atoms with Crippen molar-refractivity contribution in [3.8, 4) is 0 Å². The van der Waals surface area contributed by atoms with Crippen LogP contribution in [0.1, 0.15) is 30.5 Å². The maximum absolute atomic E-state index is 5.64. The van der Waals surface area contributed by atoms with Gasteiger partial charge in [0.25, 0.3) is 0 Å². The summed E-state index contributed by atoms with van der Waals surface area (Å²) >= 11 is 0. The Morgan fingerprint density at radius 2 is 1.86 bits per heavy atom. The molecule has 0 saturated heterocycles. The van der Waals surface area contributed by atoms with E-state index >= 15 is 0 Å². The highest BCUT2D eigenvalue weighted by Gasteiger charge is 2.02. The first-order valence-corrected chi connectivity index (χ1v) is 4.86. The van der Waals surface area contributed by atoms with E-state index < -0.39 is 0 Å². The van der Waals surface area contributed by atoms with Gasteiger partial charge in [-0.15, -0.1) is 0 Å². The van der Waals surface area contributed by atoms with E-state index in [9.17, 15) is 0 Å². The minimum atomic E-state index is 0.599. The zero-order valence-electron chi connectivity index (χ0n) is 9.39. The molecular weight excluding hydrogens is 172 g/mol. The second-order valence-corrected chi connectivity index (χ2v) is 3.83. The SMILES string of the molecule is CC(C)=Nc1cc(C)c(CN)cc1C. The predicted octanol–water partition coefficient (Wildman–Crippen LogP) is 2.87. The van der Waals surface area contributed by atoms with Crippen LogP contribution in [-0.4, -0.2) is 5.71 Å². The van der Waals surface area contributed by atoms with Crippen molar-refractivity contribution in [2.45, 2.75) is 34.2 Å². The van der Waals surface area contributed by atoms with Crippen LogP contribution in [0.25, 0.3) is 0 Å². The molecule has 14 heavy (non-hydrogen) atoms. The van der Waals surface area contributed by atoms with Gasteiger partial charge in [-0.2, -0.15) is 0 Å². The normalized spacial score (nSPS) is 10.1. The standard InChI is InChI=1S/C12H18N2/c1-8(2)14-12-6-9(3)11(7-13)5-10(12)4/h5-6H,7,13H2,1-4H3. The van der Waals surface area contributed by atoms with Crippen LogP contribution in [0.15, 0.2) is 17.1 Å². The molecule has 2 N–H and O–H groups in total. The maximum Gasteiger partial charge on any atom is 0.0660 e. The van der Waals surface area contributed by atoms with Gasteiger partial charge < -0.3 is 5.73 Å². The average Bonchev–Trinajstić information content (AvgIpc) is 2.10. The predicted molar refractivity (Wildman–Crippen MR) is 62.3 cm³/mol. The van der Waals surface area contributed by atoms with Crippen molar-refractivity contribution < 1.29 is 0 Å². The highest BCUT2D eigenvalue weighted by molar-refractivity contribution is 5.82. The smallest absolute Gasteiger partial charge is 0.0660 e. The second-order valence-electron chi connectivity index (χ2n) is 3.83. The zero-order valence-corrected chi connectivity index (χ0v) is 9.39. The van der Waals surface area contributed by atoms with Crippen molar-refractivity contribution in [1.29, 1.82) is 0 Å².